The molecule has 2 unspecified atom stereocenters. The van der Waals surface area contributed by atoms with Crippen molar-refractivity contribution in [3.05, 3.63) is 30.1 Å². The Balaban J connectivity index is 2.02. The average molecular weight is 438 g/mol. The van der Waals surface area contributed by atoms with E-state index in [4.69, 9.17) is 4.74 Å². The molecule has 0 radical (unpaired) electrons. The van der Waals surface area contributed by atoms with Crippen molar-refractivity contribution in [1.29, 1.82) is 0 Å². The summed E-state index contributed by atoms with van der Waals surface area (Å²) in [6.45, 7) is 2.08. The van der Waals surface area contributed by atoms with E-state index < -0.39 is 29.3 Å². The van der Waals surface area contributed by atoms with Crippen molar-refractivity contribution >= 4 is 17.8 Å². The van der Waals surface area contributed by atoms with Crippen molar-refractivity contribution in [2.45, 2.75) is 70.8 Å². The number of carbonyl (C=O) groups excluding carboxylic acids is 1. The minimum Gasteiger partial charge on any atom is -0.494 e. The van der Waals surface area contributed by atoms with Crippen LogP contribution in [0.25, 0.3) is 0 Å². The summed E-state index contributed by atoms with van der Waals surface area (Å²) in [7, 11) is 0. The lowest BCUT2D eigenvalue weighted by atomic mass is 9.75. The fourth-order valence-corrected chi connectivity index (χ4v) is 4.33. The number of hydrogen-bond acceptors (Lipinski definition) is 4. The Morgan fingerprint density at radius 1 is 1.13 bits per heavy atom. The molecule has 1 amide bonds. The predicted molar refractivity (Wildman–Crippen MR) is 112 cm³/mol. The lowest BCUT2D eigenvalue weighted by Gasteiger charge is -2.32. The van der Waals surface area contributed by atoms with Crippen LogP contribution < -0.4 is 10.1 Å². The third-order valence-electron chi connectivity index (χ3n) is 5.97. The quantitative estimate of drug-likeness (QED) is 0.430. The Morgan fingerprint density at radius 3 is 2.32 bits per heavy atom. The summed E-state index contributed by atoms with van der Waals surface area (Å²) in [6, 6.07) is 4.86. The molecule has 0 saturated heterocycles. The van der Waals surface area contributed by atoms with Crippen LogP contribution in [0.1, 0.15) is 64.7 Å². The highest BCUT2D eigenvalue weighted by Gasteiger charge is 2.44. The molecule has 0 aromatic heterocycles. The zero-order valence-electron chi connectivity index (χ0n) is 17.9. The number of benzene rings is 1. The molecular weight excluding hydrogens is 405 g/mol. The largest absolute Gasteiger partial charge is 0.494 e. The van der Waals surface area contributed by atoms with E-state index in [-0.39, 0.29) is 37.6 Å². The van der Waals surface area contributed by atoms with Crippen molar-refractivity contribution in [2.75, 3.05) is 6.61 Å². The summed E-state index contributed by atoms with van der Waals surface area (Å²) < 4.78 is 18.5. The second-order valence-corrected chi connectivity index (χ2v) is 8.37. The average Bonchev–Trinajstić information content (AvgIpc) is 3.18. The number of ether oxygens (including phenoxy) is 1. The van der Waals surface area contributed by atoms with Crippen molar-refractivity contribution in [2.24, 2.45) is 11.3 Å². The van der Waals surface area contributed by atoms with E-state index in [9.17, 15) is 29.0 Å². The molecule has 31 heavy (non-hydrogen) atoms. The van der Waals surface area contributed by atoms with Gasteiger partial charge in [0.1, 0.15) is 11.6 Å². The van der Waals surface area contributed by atoms with Crippen LogP contribution >= 0.6 is 0 Å². The van der Waals surface area contributed by atoms with Crippen molar-refractivity contribution in [1.82, 2.24) is 5.32 Å². The molecular formula is C23H32FNO6. The van der Waals surface area contributed by atoms with E-state index in [0.29, 0.717) is 25.0 Å². The number of carboxylic acids is 2. The minimum atomic E-state index is -1.04. The van der Waals surface area contributed by atoms with Gasteiger partial charge < -0.3 is 20.3 Å². The molecule has 2 rings (SSSR count). The molecule has 3 N–H and O–H groups in total. The van der Waals surface area contributed by atoms with E-state index in [1.807, 2.05) is 6.92 Å². The van der Waals surface area contributed by atoms with E-state index in [1.54, 1.807) is 0 Å². The molecule has 1 aliphatic rings. The SMILES string of the molecule is CCCC(CC1(C(=O)NC(CCOc2ccc(F)cc2)CC(=O)O)CCCC1)C(=O)O. The maximum absolute atomic E-state index is 13.2. The summed E-state index contributed by atoms with van der Waals surface area (Å²) in [5.41, 5.74) is -0.771. The molecule has 7 nitrogen and oxygen atoms in total. The summed E-state index contributed by atoms with van der Waals surface area (Å²) in [6.07, 6.45) is 4.43. The minimum absolute atomic E-state index is 0.157. The van der Waals surface area contributed by atoms with E-state index in [1.165, 1.54) is 24.3 Å². The van der Waals surface area contributed by atoms with Gasteiger partial charge in [-0.25, -0.2) is 4.39 Å². The number of nitrogens with one attached hydrogen (secondary N) is 1. The molecule has 8 heteroatoms. The van der Waals surface area contributed by atoms with Gasteiger partial charge in [-0.2, -0.15) is 0 Å². The number of carbonyl (C=O) groups is 3. The van der Waals surface area contributed by atoms with Crippen LogP contribution in [0.2, 0.25) is 0 Å². The van der Waals surface area contributed by atoms with Crippen LogP contribution in [-0.4, -0.2) is 40.7 Å². The lowest BCUT2D eigenvalue weighted by Crippen LogP contribution is -2.47. The summed E-state index contributed by atoms with van der Waals surface area (Å²) in [5, 5.41) is 21.7. The third-order valence-corrected chi connectivity index (χ3v) is 5.97. The topological polar surface area (TPSA) is 113 Å². The number of hydrogen-bond donors (Lipinski definition) is 3. The van der Waals surface area contributed by atoms with Crippen LogP contribution in [0.5, 0.6) is 5.75 Å². The number of halogens is 1. The summed E-state index contributed by atoms with van der Waals surface area (Å²) >= 11 is 0. The second kappa shape index (κ2) is 11.7. The number of amides is 1. The fraction of sp³-hybridized carbons (Fsp3) is 0.609. The van der Waals surface area contributed by atoms with Crippen LogP contribution in [0.3, 0.4) is 0 Å². The first-order chi connectivity index (χ1) is 14.8. The molecule has 0 spiro atoms. The number of rotatable bonds is 13. The van der Waals surface area contributed by atoms with Gasteiger partial charge in [0, 0.05) is 12.5 Å². The molecule has 1 aliphatic carbocycles. The molecule has 0 heterocycles. The second-order valence-electron chi connectivity index (χ2n) is 8.37. The Kier molecular flexibility index (Phi) is 9.27. The van der Waals surface area contributed by atoms with Crippen LogP contribution in [0.4, 0.5) is 4.39 Å². The van der Waals surface area contributed by atoms with Crippen LogP contribution in [0, 0.1) is 17.2 Å². The molecule has 1 aromatic rings. The van der Waals surface area contributed by atoms with Gasteiger partial charge in [0.15, 0.2) is 0 Å². The first-order valence-corrected chi connectivity index (χ1v) is 10.9. The summed E-state index contributed by atoms with van der Waals surface area (Å²) in [4.78, 5) is 36.2. The zero-order valence-corrected chi connectivity index (χ0v) is 17.9. The Labute approximate surface area is 182 Å². The van der Waals surface area contributed by atoms with Gasteiger partial charge in [-0.3, -0.25) is 14.4 Å². The summed E-state index contributed by atoms with van der Waals surface area (Å²) in [5.74, 6) is -2.71. The van der Waals surface area contributed by atoms with E-state index in [2.05, 4.69) is 5.32 Å². The third kappa shape index (κ3) is 7.52. The first kappa shape index (κ1) is 24.6. The van der Waals surface area contributed by atoms with E-state index in [0.717, 1.165) is 19.3 Å². The lowest BCUT2D eigenvalue weighted by molar-refractivity contribution is -0.144. The smallest absolute Gasteiger partial charge is 0.306 e. The van der Waals surface area contributed by atoms with Crippen LogP contribution in [0.15, 0.2) is 24.3 Å². The molecule has 1 aromatic carbocycles. The standard InChI is InChI=1S/C23H32FNO6/c1-2-5-16(21(28)29)15-23(11-3-4-12-23)22(30)25-18(14-20(26)27)10-13-31-19-8-6-17(24)7-9-19/h6-9,16,18H,2-5,10-15H2,1H3,(H,25,30)(H,26,27)(H,28,29). The highest BCUT2D eigenvalue weighted by atomic mass is 19.1. The predicted octanol–water partition coefficient (Wildman–Crippen LogP) is 4.01. The van der Waals surface area contributed by atoms with Crippen LogP contribution in [-0.2, 0) is 14.4 Å². The van der Waals surface area contributed by atoms with Gasteiger partial charge in [-0.05, 0) is 49.9 Å². The maximum Gasteiger partial charge on any atom is 0.306 e. The first-order valence-electron chi connectivity index (χ1n) is 10.9. The number of carboxylic acid groups (broad SMARTS) is 2. The van der Waals surface area contributed by atoms with Crippen molar-refractivity contribution in [3.63, 3.8) is 0 Å². The number of aliphatic carboxylic acids is 2. The Hall–Kier alpha value is -2.64. The molecule has 1 saturated carbocycles. The molecule has 0 aliphatic heterocycles. The fourth-order valence-electron chi connectivity index (χ4n) is 4.33. The van der Waals surface area contributed by atoms with Gasteiger partial charge in [0.2, 0.25) is 5.91 Å². The normalized spacial score (nSPS) is 17.0. The van der Waals surface area contributed by atoms with Gasteiger partial charge in [-0.15, -0.1) is 0 Å². The van der Waals surface area contributed by atoms with Crippen molar-refractivity contribution < 1.29 is 33.7 Å². The molecule has 2 atom stereocenters. The van der Waals surface area contributed by atoms with Gasteiger partial charge in [-0.1, -0.05) is 26.2 Å². The van der Waals surface area contributed by atoms with Gasteiger partial charge in [0.25, 0.3) is 0 Å². The highest BCUT2D eigenvalue weighted by Crippen LogP contribution is 2.44. The zero-order chi connectivity index (χ0) is 22.9. The molecule has 172 valence electrons. The molecule has 0 bridgehead atoms. The van der Waals surface area contributed by atoms with Crippen molar-refractivity contribution in [3.8, 4) is 5.75 Å². The highest BCUT2D eigenvalue weighted by molar-refractivity contribution is 5.84. The monoisotopic (exact) mass is 437 g/mol. The van der Waals surface area contributed by atoms with Gasteiger partial charge >= 0.3 is 11.9 Å². The van der Waals surface area contributed by atoms with Gasteiger partial charge in [0.05, 0.1) is 24.4 Å². The Bertz CT molecular complexity index is 745. The Morgan fingerprint density at radius 2 is 1.77 bits per heavy atom. The maximum atomic E-state index is 13.2. The molecule has 1 fully saturated rings. The van der Waals surface area contributed by atoms with E-state index >= 15 is 0 Å².